The van der Waals surface area contributed by atoms with Crippen LogP contribution in [0.15, 0.2) is 30.5 Å². The lowest BCUT2D eigenvalue weighted by atomic mass is 10.1. The van der Waals surface area contributed by atoms with Crippen molar-refractivity contribution in [2.45, 2.75) is 19.5 Å². The first kappa shape index (κ1) is 14.0. The average Bonchev–Trinajstić information content (AvgIpc) is 2.82. The number of anilines is 1. The monoisotopic (exact) mass is 274 g/mol. The van der Waals surface area contributed by atoms with Gasteiger partial charge in [-0.1, -0.05) is 17.3 Å². The van der Waals surface area contributed by atoms with Crippen LogP contribution in [-0.2, 0) is 13.6 Å². The molecule has 0 aliphatic rings. The summed E-state index contributed by atoms with van der Waals surface area (Å²) in [7, 11) is 1.84. The number of hydrogen-bond donors (Lipinski definition) is 3. The molecule has 0 fully saturated rings. The van der Waals surface area contributed by atoms with Crippen molar-refractivity contribution < 1.29 is 4.79 Å². The molecule has 0 saturated carbocycles. The highest BCUT2D eigenvalue weighted by Crippen LogP contribution is 2.16. The number of carbonyl (C=O) groups is 1. The molecular weight excluding hydrogens is 256 g/mol. The lowest BCUT2D eigenvalue weighted by Gasteiger charge is -2.13. The quantitative estimate of drug-likeness (QED) is 0.762. The maximum absolute atomic E-state index is 10.7. The fourth-order valence-electron chi connectivity index (χ4n) is 1.85. The smallest absolute Gasteiger partial charge is 0.316 e. The summed E-state index contributed by atoms with van der Waals surface area (Å²) in [6.07, 6.45) is 1.87. The molecule has 0 saturated heterocycles. The zero-order valence-electron chi connectivity index (χ0n) is 11.5. The van der Waals surface area contributed by atoms with Crippen molar-refractivity contribution in [2.75, 3.05) is 5.32 Å². The van der Waals surface area contributed by atoms with E-state index in [0.717, 1.165) is 11.3 Å². The van der Waals surface area contributed by atoms with Gasteiger partial charge in [-0.05, 0) is 24.6 Å². The summed E-state index contributed by atoms with van der Waals surface area (Å²) in [5.41, 5.74) is 7.75. The minimum Gasteiger partial charge on any atom is -0.351 e. The molecule has 2 rings (SSSR count). The third-order valence-electron chi connectivity index (χ3n) is 2.92. The van der Waals surface area contributed by atoms with E-state index in [4.69, 9.17) is 5.73 Å². The predicted molar refractivity (Wildman–Crippen MR) is 75.9 cm³/mol. The number of nitrogens with two attached hydrogens (primary N) is 1. The number of benzene rings is 1. The number of urea groups is 1. The first-order valence-electron chi connectivity index (χ1n) is 6.29. The van der Waals surface area contributed by atoms with E-state index < -0.39 is 6.03 Å². The summed E-state index contributed by atoms with van der Waals surface area (Å²) in [6.45, 7) is 2.71. The summed E-state index contributed by atoms with van der Waals surface area (Å²) >= 11 is 0. The normalized spacial score (nSPS) is 12.1. The van der Waals surface area contributed by atoms with Crippen LogP contribution in [0.5, 0.6) is 0 Å². The van der Waals surface area contributed by atoms with E-state index in [9.17, 15) is 4.79 Å². The topological polar surface area (TPSA) is 97.9 Å². The van der Waals surface area contributed by atoms with Gasteiger partial charge in [0.15, 0.2) is 0 Å². The Morgan fingerprint density at radius 3 is 2.65 bits per heavy atom. The number of nitrogens with zero attached hydrogens (tertiary/aromatic N) is 3. The Balaban J connectivity index is 1.91. The molecule has 0 spiro atoms. The molecule has 0 bridgehead atoms. The SMILES string of the molecule is CC(NCc1cn(C)nn1)c1ccc(NC(N)=O)cc1. The van der Waals surface area contributed by atoms with Gasteiger partial charge in [-0.3, -0.25) is 4.68 Å². The van der Waals surface area contributed by atoms with Gasteiger partial charge in [0.05, 0.1) is 5.69 Å². The molecule has 1 unspecified atom stereocenters. The van der Waals surface area contributed by atoms with Gasteiger partial charge in [0.1, 0.15) is 0 Å². The standard InChI is InChI=1S/C13H18N6O/c1-9(15-7-12-8-19(2)18-17-12)10-3-5-11(6-4-10)16-13(14)20/h3-6,8-9,15H,7H2,1-2H3,(H3,14,16,20). The highest BCUT2D eigenvalue weighted by Gasteiger charge is 2.06. The van der Waals surface area contributed by atoms with Crippen molar-refractivity contribution in [3.05, 3.63) is 41.7 Å². The number of carbonyl (C=O) groups excluding carboxylic acids is 1. The molecule has 1 heterocycles. The molecule has 20 heavy (non-hydrogen) atoms. The van der Waals surface area contributed by atoms with E-state index in [-0.39, 0.29) is 6.04 Å². The molecule has 2 aromatic rings. The summed E-state index contributed by atoms with van der Waals surface area (Å²) in [5.74, 6) is 0. The minimum atomic E-state index is -0.563. The molecule has 2 amide bonds. The minimum absolute atomic E-state index is 0.166. The molecule has 0 radical (unpaired) electrons. The Hall–Kier alpha value is -2.41. The first-order chi connectivity index (χ1) is 9.54. The van der Waals surface area contributed by atoms with Crippen molar-refractivity contribution in [1.29, 1.82) is 0 Å². The van der Waals surface area contributed by atoms with Crippen molar-refractivity contribution in [1.82, 2.24) is 20.3 Å². The zero-order valence-corrected chi connectivity index (χ0v) is 11.5. The van der Waals surface area contributed by atoms with Crippen LogP contribution in [0.4, 0.5) is 10.5 Å². The second-order valence-electron chi connectivity index (χ2n) is 4.60. The summed E-state index contributed by atoms with van der Waals surface area (Å²) in [5, 5.41) is 13.8. The van der Waals surface area contributed by atoms with Crippen molar-refractivity contribution in [3.8, 4) is 0 Å². The fourth-order valence-corrected chi connectivity index (χ4v) is 1.85. The third kappa shape index (κ3) is 3.79. The molecule has 1 aromatic carbocycles. The first-order valence-corrected chi connectivity index (χ1v) is 6.29. The lowest BCUT2D eigenvalue weighted by molar-refractivity contribution is 0.259. The van der Waals surface area contributed by atoms with Gasteiger partial charge < -0.3 is 16.4 Å². The van der Waals surface area contributed by atoms with E-state index in [1.165, 1.54) is 0 Å². The predicted octanol–water partition coefficient (Wildman–Crippen LogP) is 1.16. The lowest BCUT2D eigenvalue weighted by Crippen LogP contribution is -2.20. The van der Waals surface area contributed by atoms with Gasteiger partial charge in [0, 0.05) is 31.5 Å². The van der Waals surface area contributed by atoms with Crippen LogP contribution in [-0.4, -0.2) is 21.0 Å². The highest BCUT2D eigenvalue weighted by atomic mass is 16.2. The van der Waals surface area contributed by atoms with Gasteiger partial charge in [-0.25, -0.2) is 4.79 Å². The van der Waals surface area contributed by atoms with Crippen LogP contribution in [0.1, 0.15) is 24.2 Å². The van der Waals surface area contributed by atoms with Crippen molar-refractivity contribution >= 4 is 11.7 Å². The number of amides is 2. The highest BCUT2D eigenvalue weighted by molar-refractivity contribution is 5.87. The Labute approximate surface area is 117 Å². The van der Waals surface area contributed by atoms with Crippen molar-refractivity contribution in [2.24, 2.45) is 12.8 Å². The molecule has 0 aliphatic carbocycles. The van der Waals surface area contributed by atoms with Crippen LogP contribution in [0.2, 0.25) is 0 Å². The van der Waals surface area contributed by atoms with E-state index in [1.807, 2.05) is 37.5 Å². The molecule has 1 aromatic heterocycles. The van der Waals surface area contributed by atoms with Crippen LogP contribution >= 0.6 is 0 Å². The van der Waals surface area contributed by atoms with E-state index in [1.54, 1.807) is 4.68 Å². The Morgan fingerprint density at radius 2 is 2.10 bits per heavy atom. The average molecular weight is 274 g/mol. The third-order valence-corrected chi connectivity index (χ3v) is 2.92. The van der Waals surface area contributed by atoms with Gasteiger partial charge in [0.25, 0.3) is 0 Å². The number of aromatic nitrogens is 3. The van der Waals surface area contributed by atoms with Gasteiger partial charge in [0.2, 0.25) is 0 Å². The maximum atomic E-state index is 10.7. The molecule has 1 atom stereocenters. The number of rotatable bonds is 5. The molecule has 0 aliphatic heterocycles. The second kappa shape index (κ2) is 6.16. The molecule has 7 nitrogen and oxygen atoms in total. The number of primary amides is 1. The van der Waals surface area contributed by atoms with Gasteiger partial charge in [-0.2, -0.15) is 0 Å². The summed E-state index contributed by atoms with van der Waals surface area (Å²) < 4.78 is 1.67. The molecule has 106 valence electrons. The summed E-state index contributed by atoms with van der Waals surface area (Å²) in [4.78, 5) is 10.7. The molecule has 4 N–H and O–H groups in total. The Morgan fingerprint density at radius 1 is 1.40 bits per heavy atom. The number of hydrogen-bond acceptors (Lipinski definition) is 4. The fraction of sp³-hybridized carbons (Fsp3) is 0.308. The summed E-state index contributed by atoms with van der Waals surface area (Å²) in [6, 6.07) is 7.13. The van der Waals surface area contributed by atoms with Crippen LogP contribution in [0.3, 0.4) is 0 Å². The van der Waals surface area contributed by atoms with Crippen molar-refractivity contribution in [3.63, 3.8) is 0 Å². The largest absolute Gasteiger partial charge is 0.351 e. The number of aryl methyl sites for hydroxylation is 1. The number of nitrogens with one attached hydrogen (secondary N) is 2. The van der Waals surface area contributed by atoms with Crippen LogP contribution in [0, 0.1) is 0 Å². The van der Waals surface area contributed by atoms with E-state index in [0.29, 0.717) is 12.2 Å². The molecular formula is C13H18N6O. The second-order valence-corrected chi connectivity index (χ2v) is 4.60. The zero-order chi connectivity index (χ0) is 14.5. The Kier molecular flexibility index (Phi) is 4.31. The van der Waals surface area contributed by atoms with Gasteiger partial charge in [-0.15, -0.1) is 5.10 Å². The van der Waals surface area contributed by atoms with Gasteiger partial charge >= 0.3 is 6.03 Å². The molecule has 7 heteroatoms. The maximum Gasteiger partial charge on any atom is 0.316 e. The van der Waals surface area contributed by atoms with Crippen LogP contribution < -0.4 is 16.4 Å². The van der Waals surface area contributed by atoms with Crippen LogP contribution in [0.25, 0.3) is 0 Å². The van der Waals surface area contributed by atoms with E-state index in [2.05, 4.69) is 27.9 Å². The van der Waals surface area contributed by atoms with E-state index >= 15 is 0 Å². The Bertz CT molecular complexity index is 577.